The lowest BCUT2D eigenvalue weighted by Crippen LogP contribution is -2.13. The van der Waals surface area contributed by atoms with Crippen LogP contribution >= 0.6 is 0 Å². The first kappa shape index (κ1) is 24.4. The van der Waals surface area contributed by atoms with E-state index >= 15 is 0 Å². The third-order valence-electron chi connectivity index (χ3n) is 8.77. The Morgan fingerprint density at radius 1 is 0.636 bits per heavy atom. The monoisotopic (exact) mass is 446 g/mol. The van der Waals surface area contributed by atoms with E-state index in [1.54, 1.807) is 0 Å². The van der Waals surface area contributed by atoms with Gasteiger partial charge in [0, 0.05) is 18.0 Å². The van der Waals surface area contributed by atoms with Gasteiger partial charge in [-0.3, -0.25) is 0 Å². The maximum atomic E-state index is 4.75. The van der Waals surface area contributed by atoms with E-state index in [0.29, 0.717) is 5.92 Å². The summed E-state index contributed by atoms with van der Waals surface area (Å²) in [5.41, 5.74) is 4.01. The molecule has 2 nitrogen and oxygen atoms in total. The number of benzene rings is 1. The summed E-state index contributed by atoms with van der Waals surface area (Å²) in [5, 5.41) is 0. The quantitative estimate of drug-likeness (QED) is 0.340. The first-order chi connectivity index (χ1) is 16.3. The average molecular weight is 447 g/mol. The van der Waals surface area contributed by atoms with E-state index < -0.39 is 0 Å². The number of nitrogens with zero attached hydrogens (tertiary/aromatic N) is 2. The molecule has 2 aliphatic rings. The highest BCUT2D eigenvalue weighted by atomic mass is 14.9. The topological polar surface area (TPSA) is 25.8 Å². The third-order valence-corrected chi connectivity index (χ3v) is 8.77. The summed E-state index contributed by atoms with van der Waals surface area (Å²) in [6.07, 6.45) is 25.0. The summed E-state index contributed by atoms with van der Waals surface area (Å²) < 4.78 is 0. The molecule has 2 aliphatic carbocycles. The van der Waals surface area contributed by atoms with Gasteiger partial charge >= 0.3 is 0 Å². The molecular weight excluding hydrogens is 400 g/mol. The minimum atomic E-state index is 0.663. The van der Waals surface area contributed by atoms with Gasteiger partial charge in [0.05, 0.1) is 0 Å². The van der Waals surface area contributed by atoms with E-state index in [4.69, 9.17) is 9.97 Å². The van der Waals surface area contributed by atoms with E-state index in [0.717, 1.165) is 29.1 Å². The molecule has 0 saturated heterocycles. The fourth-order valence-corrected chi connectivity index (χ4v) is 6.33. The molecule has 2 aromatic rings. The normalized spacial score (nSPS) is 25.8. The molecule has 0 bridgehead atoms. The molecule has 0 N–H and O–H groups in total. The van der Waals surface area contributed by atoms with E-state index in [1.807, 2.05) is 0 Å². The minimum absolute atomic E-state index is 0.663. The fourth-order valence-electron chi connectivity index (χ4n) is 6.33. The van der Waals surface area contributed by atoms with Crippen LogP contribution in [-0.4, -0.2) is 9.97 Å². The highest BCUT2D eigenvalue weighted by Crippen LogP contribution is 2.39. The third kappa shape index (κ3) is 6.90. The van der Waals surface area contributed by atoms with Gasteiger partial charge in [-0.15, -0.1) is 0 Å². The molecule has 0 aliphatic heterocycles. The van der Waals surface area contributed by atoms with E-state index in [9.17, 15) is 0 Å². The molecule has 2 heteroatoms. The van der Waals surface area contributed by atoms with Gasteiger partial charge in [-0.05, 0) is 86.2 Å². The van der Waals surface area contributed by atoms with Crippen LogP contribution in [0.1, 0.15) is 133 Å². The molecule has 0 amide bonds. The van der Waals surface area contributed by atoms with Gasteiger partial charge in [0.2, 0.25) is 0 Å². The van der Waals surface area contributed by atoms with Gasteiger partial charge in [-0.25, -0.2) is 9.97 Å². The second kappa shape index (κ2) is 12.7. The fraction of sp³-hybridized carbons (Fsp3) is 0.677. The molecule has 1 heterocycles. The number of hydrogen-bond acceptors (Lipinski definition) is 2. The minimum Gasteiger partial charge on any atom is -0.236 e. The van der Waals surface area contributed by atoms with Crippen molar-refractivity contribution in [1.82, 2.24) is 9.97 Å². The Labute approximate surface area is 203 Å². The van der Waals surface area contributed by atoms with Crippen LogP contribution in [0.25, 0.3) is 11.4 Å². The highest BCUT2D eigenvalue weighted by Gasteiger charge is 2.23. The summed E-state index contributed by atoms with van der Waals surface area (Å²) in [6.45, 7) is 4.63. The van der Waals surface area contributed by atoms with E-state index in [1.165, 1.54) is 107 Å². The Morgan fingerprint density at radius 2 is 1.21 bits per heavy atom. The Hall–Kier alpha value is -1.70. The molecule has 0 atom stereocenters. The maximum absolute atomic E-state index is 4.75. The second-order valence-electron chi connectivity index (χ2n) is 11.0. The molecule has 2 saturated carbocycles. The Kier molecular flexibility index (Phi) is 9.38. The zero-order valence-corrected chi connectivity index (χ0v) is 21.3. The number of rotatable bonds is 10. The standard InChI is InChI=1S/C31H46N2/c1-3-5-6-7-8-9-25-12-16-26(17-13-25)27-18-20-29(21-19-27)31-32-22-30(23-33-31)28-14-10-24(4-2)11-15-28/h18-26,28H,3-17H2,1-2H3. The molecule has 33 heavy (non-hydrogen) atoms. The van der Waals surface area contributed by atoms with E-state index in [-0.39, 0.29) is 0 Å². The van der Waals surface area contributed by atoms with Gasteiger partial charge in [0.25, 0.3) is 0 Å². The molecule has 0 unspecified atom stereocenters. The first-order valence-electron chi connectivity index (χ1n) is 14.2. The van der Waals surface area contributed by atoms with Crippen LogP contribution in [0.5, 0.6) is 0 Å². The zero-order valence-electron chi connectivity index (χ0n) is 21.3. The molecule has 180 valence electrons. The van der Waals surface area contributed by atoms with Gasteiger partial charge in [0.15, 0.2) is 5.82 Å². The Bertz CT molecular complexity index is 794. The van der Waals surface area contributed by atoms with Crippen molar-refractivity contribution in [2.45, 2.75) is 122 Å². The smallest absolute Gasteiger partial charge is 0.159 e. The van der Waals surface area contributed by atoms with Crippen LogP contribution in [0.15, 0.2) is 36.7 Å². The van der Waals surface area contributed by atoms with Crippen molar-refractivity contribution < 1.29 is 0 Å². The predicted molar refractivity (Wildman–Crippen MR) is 141 cm³/mol. The summed E-state index contributed by atoms with van der Waals surface area (Å²) >= 11 is 0. The molecule has 1 aromatic heterocycles. The number of unbranched alkanes of at least 4 members (excludes halogenated alkanes) is 4. The SMILES string of the molecule is CCCCCCCC1CCC(c2ccc(-c3ncc(C4CCC(CC)CC4)cn3)cc2)CC1. The second-order valence-corrected chi connectivity index (χ2v) is 11.0. The van der Waals surface area contributed by atoms with Gasteiger partial charge in [-0.1, -0.05) is 83.1 Å². The molecular formula is C31H46N2. The lowest BCUT2D eigenvalue weighted by atomic mass is 9.77. The average Bonchev–Trinajstić information content (AvgIpc) is 2.89. The molecule has 2 fully saturated rings. The number of aromatic nitrogens is 2. The highest BCUT2D eigenvalue weighted by molar-refractivity contribution is 5.55. The largest absolute Gasteiger partial charge is 0.236 e. The molecule has 1 aromatic carbocycles. The van der Waals surface area contributed by atoms with Crippen LogP contribution in [0.3, 0.4) is 0 Å². The van der Waals surface area contributed by atoms with E-state index in [2.05, 4.69) is 50.5 Å². The van der Waals surface area contributed by atoms with Crippen molar-refractivity contribution in [2.24, 2.45) is 11.8 Å². The van der Waals surface area contributed by atoms with Gasteiger partial charge in [-0.2, -0.15) is 0 Å². The summed E-state index contributed by atoms with van der Waals surface area (Å²) in [7, 11) is 0. The van der Waals surface area contributed by atoms with Crippen LogP contribution in [0, 0.1) is 11.8 Å². The lowest BCUT2D eigenvalue weighted by Gasteiger charge is -2.29. The molecule has 4 rings (SSSR count). The summed E-state index contributed by atoms with van der Waals surface area (Å²) in [5.74, 6) is 4.20. The van der Waals surface area contributed by atoms with Crippen molar-refractivity contribution in [1.29, 1.82) is 0 Å². The predicted octanol–water partition coefficient (Wildman–Crippen LogP) is 9.46. The van der Waals surface area contributed by atoms with Crippen LogP contribution in [0.2, 0.25) is 0 Å². The Balaban J connectivity index is 1.25. The van der Waals surface area contributed by atoms with Crippen LogP contribution in [0.4, 0.5) is 0 Å². The van der Waals surface area contributed by atoms with Crippen molar-refractivity contribution in [2.75, 3.05) is 0 Å². The van der Waals surface area contributed by atoms with Crippen LogP contribution < -0.4 is 0 Å². The summed E-state index contributed by atoms with van der Waals surface area (Å²) in [6, 6.07) is 9.18. The van der Waals surface area contributed by atoms with Crippen LogP contribution in [-0.2, 0) is 0 Å². The first-order valence-corrected chi connectivity index (χ1v) is 14.2. The molecule has 0 radical (unpaired) electrons. The maximum Gasteiger partial charge on any atom is 0.159 e. The van der Waals surface area contributed by atoms with Crippen molar-refractivity contribution in [3.8, 4) is 11.4 Å². The zero-order chi connectivity index (χ0) is 22.9. The lowest BCUT2D eigenvalue weighted by molar-refractivity contribution is 0.302. The molecule has 0 spiro atoms. The van der Waals surface area contributed by atoms with Crippen molar-refractivity contribution in [3.63, 3.8) is 0 Å². The number of hydrogen-bond donors (Lipinski definition) is 0. The van der Waals surface area contributed by atoms with Crippen molar-refractivity contribution in [3.05, 3.63) is 47.8 Å². The van der Waals surface area contributed by atoms with Gasteiger partial charge in [0.1, 0.15) is 0 Å². The van der Waals surface area contributed by atoms with Gasteiger partial charge < -0.3 is 0 Å². The Morgan fingerprint density at radius 3 is 1.82 bits per heavy atom. The van der Waals surface area contributed by atoms with Crippen molar-refractivity contribution >= 4 is 0 Å². The summed E-state index contributed by atoms with van der Waals surface area (Å²) in [4.78, 5) is 9.50.